The Hall–Kier alpha value is -0.770. The molecule has 0 fully saturated rings. The van der Waals surface area contributed by atoms with Gasteiger partial charge in [0.2, 0.25) is 5.84 Å². The van der Waals surface area contributed by atoms with Crippen molar-refractivity contribution in [3.8, 4) is 0 Å². The number of hydrogen-bond donors (Lipinski definition) is 2. The fourth-order valence-corrected chi connectivity index (χ4v) is 0.333. The van der Waals surface area contributed by atoms with E-state index in [-0.39, 0.29) is 12.4 Å². The fourth-order valence-electron chi connectivity index (χ4n) is 0.333. The van der Waals surface area contributed by atoms with Gasteiger partial charge in [-0.3, -0.25) is 5.41 Å². The van der Waals surface area contributed by atoms with Gasteiger partial charge in [-0.25, -0.2) is 4.79 Å². The van der Waals surface area contributed by atoms with Crippen LogP contribution in [-0.4, -0.2) is 17.4 Å². The highest BCUT2D eigenvalue weighted by atomic mass is 35.5. The number of amidine groups is 1. The van der Waals surface area contributed by atoms with Crippen molar-refractivity contribution in [2.75, 3.05) is 0 Å². The summed E-state index contributed by atoms with van der Waals surface area (Å²) in [6, 6.07) is 0. The second kappa shape index (κ2) is 4.18. The average molecular weight is 181 g/mol. The molecule has 0 saturated carbocycles. The van der Waals surface area contributed by atoms with Gasteiger partial charge in [0.25, 0.3) is 0 Å². The SMILES string of the molecule is CC(C)(C)OC(=O)C(=N)N.Cl. The van der Waals surface area contributed by atoms with Crippen LogP contribution in [0.3, 0.4) is 0 Å². The molecule has 0 aliphatic heterocycles. The van der Waals surface area contributed by atoms with Crippen LogP contribution >= 0.6 is 12.4 Å². The van der Waals surface area contributed by atoms with Crippen molar-refractivity contribution in [2.24, 2.45) is 5.73 Å². The van der Waals surface area contributed by atoms with E-state index in [4.69, 9.17) is 15.9 Å². The quantitative estimate of drug-likeness (QED) is 0.327. The Balaban J connectivity index is 0. The van der Waals surface area contributed by atoms with Crippen LogP contribution in [-0.2, 0) is 9.53 Å². The summed E-state index contributed by atoms with van der Waals surface area (Å²) in [7, 11) is 0. The first-order valence-electron chi connectivity index (χ1n) is 2.90. The van der Waals surface area contributed by atoms with Crippen LogP contribution in [0.5, 0.6) is 0 Å². The van der Waals surface area contributed by atoms with Crippen molar-refractivity contribution in [3.63, 3.8) is 0 Å². The molecule has 5 heteroatoms. The maximum Gasteiger partial charge on any atom is 0.373 e. The predicted molar refractivity (Wildman–Crippen MR) is 45.0 cm³/mol. The third kappa shape index (κ3) is 7.12. The van der Waals surface area contributed by atoms with E-state index in [1.807, 2.05) is 0 Å². The van der Waals surface area contributed by atoms with E-state index in [0.717, 1.165) is 0 Å². The molecule has 0 saturated heterocycles. The lowest BCUT2D eigenvalue weighted by Gasteiger charge is -2.18. The van der Waals surface area contributed by atoms with Gasteiger partial charge in [0.15, 0.2) is 0 Å². The highest BCUT2D eigenvalue weighted by molar-refractivity contribution is 6.33. The third-order valence-electron chi connectivity index (χ3n) is 0.619. The maximum absolute atomic E-state index is 10.6. The normalized spacial score (nSPS) is 9.73. The monoisotopic (exact) mass is 180 g/mol. The van der Waals surface area contributed by atoms with Crippen LogP contribution in [0.2, 0.25) is 0 Å². The summed E-state index contributed by atoms with van der Waals surface area (Å²) in [5, 5.41) is 6.68. The van der Waals surface area contributed by atoms with Gasteiger partial charge >= 0.3 is 5.97 Å². The molecule has 0 aliphatic rings. The molecule has 0 aromatic rings. The first-order valence-corrected chi connectivity index (χ1v) is 2.90. The zero-order valence-electron chi connectivity index (χ0n) is 6.80. The lowest BCUT2D eigenvalue weighted by Crippen LogP contribution is -2.32. The van der Waals surface area contributed by atoms with Crippen LogP contribution < -0.4 is 5.73 Å². The predicted octanol–water partition coefficient (Wildman–Crippen LogP) is 0.686. The number of rotatable bonds is 0. The minimum atomic E-state index is -0.771. The van der Waals surface area contributed by atoms with Crippen LogP contribution in [0, 0.1) is 5.41 Å². The van der Waals surface area contributed by atoms with Crippen molar-refractivity contribution in [1.29, 1.82) is 5.41 Å². The number of carbonyl (C=O) groups is 1. The molecule has 0 aromatic heterocycles. The Morgan fingerprint density at radius 2 is 1.82 bits per heavy atom. The molecule has 3 N–H and O–H groups in total. The van der Waals surface area contributed by atoms with E-state index >= 15 is 0 Å². The van der Waals surface area contributed by atoms with Crippen molar-refractivity contribution >= 4 is 24.2 Å². The largest absolute Gasteiger partial charge is 0.454 e. The lowest BCUT2D eigenvalue weighted by molar-refractivity contribution is -0.146. The standard InChI is InChI=1S/C6H12N2O2.ClH/c1-6(2,3)10-5(9)4(7)8;/h1-3H3,(H3,7,8);1H. The average Bonchev–Trinajstić information content (AvgIpc) is 1.60. The van der Waals surface area contributed by atoms with Gasteiger partial charge in [0.05, 0.1) is 0 Å². The molecule has 0 spiro atoms. The first kappa shape index (κ1) is 12.9. The van der Waals surface area contributed by atoms with Crippen LogP contribution in [0.1, 0.15) is 20.8 Å². The molecule has 0 amide bonds. The van der Waals surface area contributed by atoms with Crippen molar-refractivity contribution in [3.05, 3.63) is 0 Å². The van der Waals surface area contributed by atoms with Crippen molar-refractivity contribution in [1.82, 2.24) is 0 Å². The minimum Gasteiger partial charge on any atom is -0.454 e. The summed E-state index contributed by atoms with van der Waals surface area (Å²) >= 11 is 0. The van der Waals surface area contributed by atoms with E-state index in [1.54, 1.807) is 20.8 Å². The topological polar surface area (TPSA) is 76.2 Å². The number of carbonyl (C=O) groups excluding carboxylic acids is 1. The number of esters is 1. The van der Waals surface area contributed by atoms with Gasteiger partial charge in [0.1, 0.15) is 5.60 Å². The molecule has 0 aromatic carbocycles. The van der Waals surface area contributed by atoms with Crippen LogP contribution in [0.15, 0.2) is 0 Å². The summed E-state index contributed by atoms with van der Waals surface area (Å²) < 4.78 is 4.71. The van der Waals surface area contributed by atoms with Crippen LogP contribution in [0.4, 0.5) is 0 Å². The van der Waals surface area contributed by atoms with E-state index in [1.165, 1.54) is 0 Å². The Kier molecular flexibility index (Phi) is 4.89. The molecule has 0 radical (unpaired) electrons. The molecule has 66 valence electrons. The molecule has 0 atom stereocenters. The first-order chi connectivity index (χ1) is 4.33. The van der Waals surface area contributed by atoms with E-state index in [2.05, 4.69) is 0 Å². The van der Waals surface area contributed by atoms with Gasteiger partial charge < -0.3 is 10.5 Å². The zero-order valence-corrected chi connectivity index (χ0v) is 7.62. The number of hydrogen-bond acceptors (Lipinski definition) is 3. The molecule has 0 heterocycles. The Labute approximate surface area is 72.0 Å². The van der Waals surface area contributed by atoms with Crippen molar-refractivity contribution < 1.29 is 9.53 Å². The molecular formula is C6H13ClN2O2. The van der Waals surface area contributed by atoms with E-state index in [9.17, 15) is 4.79 Å². The smallest absolute Gasteiger partial charge is 0.373 e. The highest BCUT2D eigenvalue weighted by Crippen LogP contribution is 2.05. The van der Waals surface area contributed by atoms with Gasteiger partial charge in [-0.1, -0.05) is 0 Å². The number of nitrogens with two attached hydrogens (primary N) is 1. The fraction of sp³-hybridized carbons (Fsp3) is 0.667. The van der Waals surface area contributed by atoms with Gasteiger partial charge in [-0.05, 0) is 20.8 Å². The summed E-state index contributed by atoms with van der Waals surface area (Å²) in [4.78, 5) is 10.6. The number of halogens is 1. The molecule has 0 aliphatic carbocycles. The molecular weight excluding hydrogens is 168 g/mol. The lowest BCUT2D eigenvalue weighted by atomic mass is 10.2. The molecule has 4 nitrogen and oxygen atoms in total. The van der Waals surface area contributed by atoms with Gasteiger partial charge in [-0.15, -0.1) is 12.4 Å². The van der Waals surface area contributed by atoms with E-state index in [0.29, 0.717) is 0 Å². The van der Waals surface area contributed by atoms with Crippen LogP contribution in [0.25, 0.3) is 0 Å². The summed E-state index contributed by atoms with van der Waals surface area (Å²) in [5.74, 6) is -1.33. The van der Waals surface area contributed by atoms with Crippen molar-refractivity contribution in [2.45, 2.75) is 26.4 Å². The van der Waals surface area contributed by atoms with Gasteiger partial charge in [-0.2, -0.15) is 0 Å². The molecule has 0 unspecified atom stereocenters. The zero-order chi connectivity index (χ0) is 8.36. The molecule has 0 rings (SSSR count). The van der Waals surface area contributed by atoms with Gasteiger partial charge in [0, 0.05) is 0 Å². The summed E-state index contributed by atoms with van der Waals surface area (Å²) in [5.41, 5.74) is 4.29. The number of nitrogens with one attached hydrogen (secondary N) is 1. The molecule has 11 heavy (non-hydrogen) atoms. The summed E-state index contributed by atoms with van der Waals surface area (Å²) in [6.07, 6.45) is 0. The highest BCUT2D eigenvalue weighted by Gasteiger charge is 2.17. The Bertz CT molecular complexity index is 162. The Morgan fingerprint density at radius 1 is 1.45 bits per heavy atom. The number of ether oxygens (including phenoxy) is 1. The Morgan fingerprint density at radius 3 is 1.91 bits per heavy atom. The molecule has 0 bridgehead atoms. The summed E-state index contributed by atoms with van der Waals surface area (Å²) in [6.45, 7) is 5.15. The second-order valence-corrected chi connectivity index (χ2v) is 2.92. The second-order valence-electron chi connectivity index (χ2n) is 2.92. The third-order valence-corrected chi connectivity index (χ3v) is 0.619. The maximum atomic E-state index is 10.6. The van der Waals surface area contributed by atoms with E-state index < -0.39 is 17.4 Å². The minimum absolute atomic E-state index is 0.